The molecule has 7 nitrogen and oxygen atoms in total. The largest absolute Gasteiger partial charge is 0.491 e. The van der Waals surface area contributed by atoms with E-state index < -0.39 is 29.0 Å². The number of aliphatic carboxylic acids is 1. The van der Waals surface area contributed by atoms with Gasteiger partial charge in [-0.25, -0.2) is 4.79 Å². The van der Waals surface area contributed by atoms with Crippen LogP contribution >= 0.6 is 11.6 Å². The minimum Gasteiger partial charge on any atom is -0.491 e. The molecule has 3 rings (SSSR count). The molecule has 0 unspecified atom stereocenters. The first-order chi connectivity index (χ1) is 14.6. The molecule has 2 N–H and O–H groups in total. The lowest BCUT2D eigenvalue weighted by atomic mass is 10.1. The van der Waals surface area contributed by atoms with Crippen molar-refractivity contribution in [1.29, 1.82) is 0 Å². The Balaban J connectivity index is 2.00. The molecular formula is C20H13ClF3NO6. The molecule has 0 aliphatic carbocycles. The minimum atomic E-state index is -4.66. The number of amides is 1. The number of benzene rings is 2. The van der Waals surface area contributed by atoms with Gasteiger partial charge < -0.3 is 19.6 Å². The number of rotatable bonds is 5. The van der Waals surface area contributed by atoms with E-state index in [4.69, 9.17) is 25.9 Å². The first kappa shape index (κ1) is 22.2. The van der Waals surface area contributed by atoms with Gasteiger partial charge in [0.25, 0.3) is 0 Å². The van der Waals surface area contributed by atoms with Crippen molar-refractivity contribution >= 4 is 34.4 Å². The molecule has 0 fully saturated rings. The molecule has 162 valence electrons. The lowest BCUT2D eigenvalue weighted by Crippen LogP contribution is -2.33. The van der Waals surface area contributed by atoms with Gasteiger partial charge in [-0.2, -0.15) is 13.2 Å². The highest BCUT2D eigenvalue weighted by Gasteiger charge is 2.31. The Hall–Kier alpha value is -3.53. The molecule has 0 saturated heterocycles. The number of carboxylic acids is 1. The lowest BCUT2D eigenvalue weighted by molar-refractivity contribution is -0.150. The molecule has 31 heavy (non-hydrogen) atoms. The number of carbonyl (C=O) groups excluding carboxylic acids is 1. The summed E-state index contributed by atoms with van der Waals surface area (Å²) < 4.78 is 50.4. The molecule has 1 heterocycles. The Morgan fingerprint density at radius 3 is 2.58 bits per heavy atom. The van der Waals surface area contributed by atoms with Gasteiger partial charge in [0, 0.05) is 6.07 Å². The number of carboxylic acid groups (broad SMARTS) is 1. The van der Waals surface area contributed by atoms with Crippen LogP contribution in [0.25, 0.3) is 22.3 Å². The van der Waals surface area contributed by atoms with Crippen LogP contribution in [0.1, 0.15) is 5.56 Å². The van der Waals surface area contributed by atoms with Crippen LogP contribution < -0.4 is 15.5 Å². The standard InChI is InChI=1S/C20H13ClF3NO6/c21-13-3-1-2-11-14(26)9-16(31-17(11)13)12-5-4-10(20(22,23)24)8-15(12)30-7-6-25-18(27)19(28)29/h1-5,8-9H,6-7H2,(H,25,27)(H,28,29). The molecular weight excluding hydrogens is 443 g/mol. The Labute approximate surface area is 177 Å². The summed E-state index contributed by atoms with van der Waals surface area (Å²) in [6.07, 6.45) is -4.66. The van der Waals surface area contributed by atoms with Crippen LogP contribution in [-0.4, -0.2) is 30.1 Å². The van der Waals surface area contributed by atoms with Gasteiger partial charge >= 0.3 is 18.1 Å². The predicted octanol–water partition coefficient (Wildman–Crippen LogP) is 3.71. The van der Waals surface area contributed by atoms with Crippen LogP contribution in [0.15, 0.2) is 51.7 Å². The number of hydrogen-bond donors (Lipinski definition) is 2. The number of ether oxygens (including phenoxy) is 1. The summed E-state index contributed by atoms with van der Waals surface area (Å²) in [6, 6.07) is 8.23. The smallest absolute Gasteiger partial charge is 0.416 e. The Morgan fingerprint density at radius 2 is 1.90 bits per heavy atom. The van der Waals surface area contributed by atoms with Gasteiger partial charge in [-0.1, -0.05) is 17.7 Å². The first-order valence-corrected chi connectivity index (χ1v) is 9.03. The third-order valence-corrected chi connectivity index (χ3v) is 4.42. The average Bonchev–Trinajstić information content (AvgIpc) is 2.70. The van der Waals surface area contributed by atoms with Crippen molar-refractivity contribution in [2.45, 2.75) is 6.18 Å². The van der Waals surface area contributed by atoms with Gasteiger partial charge in [0.1, 0.15) is 18.1 Å². The Morgan fingerprint density at radius 1 is 1.16 bits per heavy atom. The van der Waals surface area contributed by atoms with Crippen molar-refractivity contribution in [1.82, 2.24) is 5.32 Å². The summed E-state index contributed by atoms with van der Waals surface area (Å²) in [5.41, 5.74) is -1.37. The number of nitrogens with one attached hydrogen (secondary N) is 1. The van der Waals surface area contributed by atoms with E-state index in [1.807, 2.05) is 5.32 Å². The maximum Gasteiger partial charge on any atom is 0.416 e. The summed E-state index contributed by atoms with van der Waals surface area (Å²) in [6.45, 7) is -0.625. The molecule has 0 aliphatic heterocycles. The highest BCUT2D eigenvalue weighted by molar-refractivity contribution is 6.34. The summed E-state index contributed by atoms with van der Waals surface area (Å²) in [5.74, 6) is -3.37. The van der Waals surface area contributed by atoms with E-state index in [0.29, 0.717) is 6.07 Å². The SMILES string of the molecule is O=C(O)C(=O)NCCOc1cc(C(F)(F)F)ccc1-c1cc(=O)c2cccc(Cl)c2o1. The highest BCUT2D eigenvalue weighted by atomic mass is 35.5. The van der Waals surface area contributed by atoms with Crippen molar-refractivity contribution < 1.29 is 37.0 Å². The summed E-state index contributed by atoms with van der Waals surface area (Å²) in [4.78, 5) is 34.0. The van der Waals surface area contributed by atoms with E-state index in [0.717, 1.165) is 18.2 Å². The molecule has 2 aromatic carbocycles. The second-order valence-corrected chi connectivity index (χ2v) is 6.62. The highest BCUT2D eigenvalue weighted by Crippen LogP contribution is 2.38. The van der Waals surface area contributed by atoms with Gasteiger partial charge in [0.15, 0.2) is 11.0 Å². The molecule has 0 aliphatic rings. The maximum absolute atomic E-state index is 13.1. The number of fused-ring (bicyclic) bond motifs is 1. The van der Waals surface area contributed by atoms with Crippen molar-refractivity contribution in [3.05, 3.63) is 63.3 Å². The van der Waals surface area contributed by atoms with Gasteiger partial charge in [0.2, 0.25) is 0 Å². The van der Waals surface area contributed by atoms with E-state index in [1.54, 1.807) is 6.07 Å². The number of halogens is 4. The monoisotopic (exact) mass is 455 g/mol. The van der Waals surface area contributed by atoms with E-state index in [-0.39, 0.29) is 46.2 Å². The van der Waals surface area contributed by atoms with Crippen LogP contribution in [0.2, 0.25) is 5.02 Å². The predicted molar refractivity (Wildman–Crippen MR) is 104 cm³/mol. The fraction of sp³-hybridized carbons (Fsp3) is 0.150. The van der Waals surface area contributed by atoms with Crippen LogP contribution in [-0.2, 0) is 15.8 Å². The van der Waals surface area contributed by atoms with Crippen LogP contribution in [0.5, 0.6) is 5.75 Å². The Kier molecular flexibility index (Phi) is 6.21. The maximum atomic E-state index is 13.1. The fourth-order valence-corrected chi connectivity index (χ4v) is 2.91. The molecule has 0 spiro atoms. The number of hydrogen-bond acceptors (Lipinski definition) is 5. The molecule has 1 amide bonds. The molecule has 0 saturated carbocycles. The number of carbonyl (C=O) groups is 2. The fourth-order valence-electron chi connectivity index (χ4n) is 2.70. The van der Waals surface area contributed by atoms with Crippen LogP contribution in [0.4, 0.5) is 13.2 Å². The molecule has 0 atom stereocenters. The summed E-state index contributed by atoms with van der Waals surface area (Å²) in [7, 11) is 0. The van der Waals surface area contributed by atoms with Gasteiger partial charge in [-0.15, -0.1) is 0 Å². The molecule has 3 aromatic rings. The lowest BCUT2D eigenvalue weighted by Gasteiger charge is -2.15. The molecule has 11 heteroatoms. The van der Waals surface area contributed by atoms with Crippen molar-refractivity contribution in [2.75, 3.05) is 13.2 Å². The summed E-state index contributed by atoms with van der Waals surface area (Å²) >= 11 is 6.07. The van der Waals surface area contributed by atoms with Crippen LogP contribution in [0, 0.1) is 0 Å². The summed E-state index contributed by atoms with van der Waals surface area (Å²) in [5, 5.41) is 10.9. The second-order valence-electron chi connectivity index (χ2n) is 6.21. The van der Waals surface area contributed by atoms with E-state index in [1.165, 1.54) is 12.1 Å². The topological polar surface area (TPSA) is 106 Å². The zero-order valence-corrected chi connectivity index (χ0v) is 16.2. The second kappa shape index (κ2) is 8.68. The normalized spacial score (nSPS) is 11.4. The minimum absolute atomic E-state index is 0.0384. The van der Waals surface area contributed by atoms with E-state index in [9.17, 15) is 27.6 Å². The van der Waals surface area contributed by atoms with Crippen molar-refractivity contribution in [3.63, 3.8) is 0 Å². The van der Waals surface area contributed by atoms with Crippen LogP contribution in [0.3, 0.4) is 0 Å². The average molecular weight is 456 g/mol. The molecule has 1 aromatic heterocycles. The molecule has 0 bridgehead atoms. The van der Waals surface area contributed by atoms with E-state index >= 15 is 0 Å². The number of para-hydroxylation sites is 1. The first-order valence-electron chi connectivity index (χ1n) is 8.66. The molecule has 0 radical (unpaired) electrons. The Bertz CT molecular complexity index is 1220. The quantitative estimate of drug-likeness (QED) is 0.449. The number of alkyl halides is 3. The third kappa shape index (κ3) is 4.97. The van der Waals surface area contributed by atoms with Gasteiger partial charge in [-0.05, 0) is 30.3 Å². The van der Waals surface area contributed by atoms with E-state index in [2.05, 4.69) is 0 Å². The third-order valence-electron chi connectivity index (χ3n) is 4.12. The zero-order valence-electron chi connectivity index (χ0n) is 15.5. The van der Waals surface area contributed by atoms with Crippen molar-refractivity contribution in [3.8, 4) is 17.1 Å². The van der Waals surface area contributed by atoms with Gasteiger partial charge in [0.05, 0.1) is 28.1 Å². The van der Waals surface area contributed by atoms with Gasteiger partial charge in [-0.3, -0.25) is 9.59 Å². The zero-order chi connectivity index (χ0) is 22.8. The van der Waals surface area contributed by atoms with Crippen molar-refractivity contribution in [2.24, 2.45) is 0 Å².